The number of carbonyl (C=O) groups excluding carboxylic acids is 1. The van der Waals surface area contributed by atoms with E-state index in [-0.39, 0.29) is 10.8 Å². The van der Waals surface area contributed by atoms with E-state index in [0.29, 0.717) is 22.9 Å². The standard InChI is InChI=1S/C21H19N3O4S2/c1-13-10-14-11-15(21(25)22-19-8-9-24(2)23-19)12-18(20(14)29-13)28-16-4-6-17(7-5-16)30(3,26)27/h4-12H,1-3H3,(H,22,23,25). The van der Waals surface area contributed by atoms with E-state index in [1.165, 1.54) is 12.1 Å². The Morgan fingerprint density at radius 1 is 1.13 bits per heavy atom. The van der Waals surface area contributed by atoms with Crippen molar-refractivity contribution in [2.75, 3.05) is 11.6 Å². The van der Waals surface area contributed by atoms with Gasteiger partial charge in [-0.1, -0.05) is 0 Å². The van der Waals surface area contributed by atoms with Crippen LogP contribution in [0.1, 0.15) is 15.2 Å². The van der Waals surface area contributed by atoms with Gasteiger partial charge in [0.1, 0.15) is 11.5 Å². The number of thiophene rings is 1. The van der Waals surface area contributed by atoms with Crippen LogP contribution in [0.4, 0.5) is 5.82 Å². The smallest absolute Gasteiger partial charge is 0.257 e. The zero-order valence-electron chi connectivity index (χ0n) is 16.5. The molecule has 0 spiro atoms. The number of hydrogen-bond donors (Lipinski definition) is 1. The molecule has 0 saturated heterocycles. The molecule has 7 nitrogen and oxygen atoms in total. The third kappa shape index (κ3) is 4.22. The molecular weight excluding hydrogens is 422 g/mol. The largest absolute Gasteiger partial charge is 0.456 e. The van der Waals surface area contributed by atoms with Gasteiger partial charge >= 0.3 is 0 Å². The average molecular weight is 442 g/mol. The first-order valence-electron chi connectivity index (χ1n) is 9.02. The summed E-state index contributed by atoms with van der Waals surface area (Å²) in [6.07, 6.45) is 2.90. The van der Waals surface area contributed by atoms with Crippen LogP contribution in [0.25, 0.3) is 10.1 Å². The highest BCUT2D eigenvalue weighted by atomic mass is 32.2. The van der Waals surface area contributed by atoms with Gasteiger partial charge in [0, 0.05) is 36.0 Å². The van der Waals surface area contributed by atoms with E-state index in [1.807, 2.05) is 19.1 Å². The van der Waals surface area contributed by atoms with Gasteiger partial charge < -0.3 is 10.1 Å². The van der Waals surface area contributed by atoms with Crippen molar-refractivity contribution in [2.24, 2.45) is 7.05 Å². The molecule has 1 N–H and O–H groups in total. The third-order valence-corrected chi connectivity index (χ3v) is 6.61. The molecule has 154 valence electrons. The molecule has 2 aromatic heterocycles. The minimum absolute atomic E-state index is 0.218. The molecule has 0 aliphatic heterocycles. The summed E-state index contributed by atoms with van der Waals surface area (Å²) >= 11 is 1.56. The first-order chi connectivity index (χ1) is 14.2. The number of anilines is 1. The number of nitrogens with one attached hydrogen (secondary N) is 1. The van der Waals surface area contributed by atoms with Crippen LogP contribution in [0.3, 0.4) is 0 Å². The molecule has 4 rings (SSSR count). The number of carbonyl (C=O) groups is 1. The first-order valence-corrected chi connectivity index (χ1v) is 11.7. The van der Waals surface area contributed by atoms with Crippen LogP contribution in [0.15, 0.2) is 59.6 Å². The van der Waals surface area contributed by atoms with Crippen molar-refractivity contribution in [3.8, 4) is 11.5 Å². The molecule has 1 amide bonds. The van der Waals surface area contributed by atoms with Crippen LogP contribution < -0.4 is 10.1 Å². The highest BCUT2D eigenvalue weighted by molar-refractivity contribution is 7.90. The highest BCUT2D eigenvalue weighted by Gasteiger charge is 2.15. The fraction of sp³-hybridized carbons (Fsp3) is 0.143. The molecule has 0 atom stereocenters. The van der Waals surface area contributed by atoms with Crippen molar-refractivity contribution in [1.82, 2.24) is 9.78 Å². The van der Waals surface area contributed by atoms with Crippen molar-refractivity contribution < 1.29 is 17.9 Å². The second kappa shape index (κ2) is 7.58. The molecule has 0 radical (unpaired) electrons. The molecule has 2 heterocycles. The number of benzene rings is 2. The van der Waals surface area contributed by atoms with E-state index in [0.717, 1.165) is 21.2 Å². The second-order valence-electron chi connectivity index (χ2n) is 6.92. The molecule has 0 bridgehead atoms. The van der Waals surface area contributed by atoms with Gasteiger partial charge in [0.2, 0.25) is 0 Å². The molecule has 0 saturated carbocycles. The summed E-state index contributed by atoms with van der Waals surface area (Å²) in [5.74, 6) is 1.18. The molecule has 4 aromatic rings. The van der Waals surface area contributed by atoms with Crippen molar-refractivity contribution >= 4 is 43.0 Å². The Kier molecular flexibility index (Phi) is 5.08. The molecule has 30 heavy (non-hydrogen) atoms. The Morgan fingerprint density at radius 3 is 2.50 bits per heavy atom. The van der Waals surface area contributed by atoms with E-state index in [9.17, 15) is 13.2 Å². The lowest BCUT2D eigenvalue weighted by Crippen LogP contribution is -2.12. The minimum atomic E-state index is -3.28. The Bertz CT molecular complexity index is 1350. The summed E-state index contributed by atoms with van der Waals surface area (Å²) in [6.45, 7) is 1.99. The zero-order valence-corrected chi connectivity index (χ0v) is 18.2. The van der Waals surface area contributed by atoms with Gasteiger partial charge in [-0.25, -0.2) is 8.42 Å². The number of aromatic nitrogens is 2. The fourth-order valence-corrected chi connectivity index (χ4v) is 4.58. The molecule has 0 aliphatic carbocycles. The fourth-order valence-electron chi connectivity index (χ4n) is 3.01. The molecule has 0 unspecified atom stereocenters. The third-order valence-electron chi connectivity index (χ3n) is 4.40. The number of fused-ring (bicyclic) bond motifs is 1. The normalized spacial score (nSPS) is 11.6. The van der Waals surface area contributed by atoms with Crippen LogP contribution in [0.5, 0.6) is 11.5 Å². The minimum Gasteiger partial charge on any atom is -0.456 e. The monoisotopic (exact) mass is 441 g/mol. The van der Waals surface area contributed by atoms with Crippen molar-refractivity contribution in [3.63, 3.8) is 0 Å². The van der Waals surface area contributed by atoms with Crippen LogP contribution >= 0.6 is 11.3 Å². The van der Waals surface area contributed by atoms with E-state index >= 15 is 0 Å². The summed E-state index contributed by atoms with van der Waals surface area (Å²) in [4.78, 5) is 14.1. The van der Waals surface area contributed by atoms with Gasteiger partial charge in [-0.05, 0) is 54.8 Å². The summed E-state index contributed by atoms with van der Waals surface area (Å²) in [5.41, 5.74) is 0.439. The van der Waals surface area contributed by atoms with Crippen molar-refractivity contribution in [1.29, 1.82) is 0 Å². The lowest BCUT2D eigenvalue weighted by Gasteiger charge is -2.10. The number of amides is 1. The van der Waals surface area contributed by atoms with Crippen LogP contribution in [-0.4, -0.2) is 30.4 Å². The number of rotatable bonds is 5. The highest BCUT2D eigenvalue weighted by Crippen LogP contribution is 2.37. The number of sulfone groups is 1. The first kappa shape index (κ1) is 20.1. The Hall–Kier alpha value is -3.17. The number of hydrogen-bond acceptors (Lipinski definition) is 6. The zero-order chi connectivity index (χ0) is 21.5. The summed E-state index contributed by atoms with van der Waals surface area (Å²) in [5, 5.41) is 7.84. The summed E-state index contributed by atoms with van der Waals surface area (Å²) in [7, 11) is -1.51. The van der Waals surface area contributed by atoms with E-state index < -0.39 is 9.84 Å². The topological polar surface area (TPSA) is 90.3 Å². The van der Waals surface area contributed by atoms with Gasteiger partial charge in [0.15, 0.2) is 15.7 Å². The van der Waals surface area contributed by atoms with Gasteiger partial charge in [0.25, 0.3) is 5.91 Å². The van der Waals surface area contributed by atoms with E-state index in [1.54, 1.807) is 53.5 Å². The summed E-state index contributed by atoms with van der Waals surface area (Å²) < 4.78 is 31.9. The maximum atomic E-state index is 12.8. The predicted octanol–water partition coefficient (Wildman–Crippen LogP) is 4.39. The molecular formula is C21H19N3O4S2. The second-order valence-corrected chi connectivity index (χ2v) is 10.2. The summed E-state index contributed by atoms with van der Waals surface area (Å²) in [6, 6.07) is 13.4. The van der Waals surface area contributed by atoms with Crippen molar-refractivity contribution in [2.45, 2.75) is 11.8 Å². The molecule has 2 aromatic carbocycles. The van der Waals surface area contributed by atoms with Crippen LogP contribution in [-0.2, 0) is 16.9 Å². The number of nitrogens with zero attached hydrogens (tertiary/aromatic N) is 2. The maximum Gasteiger partial charge on any atom is 0.257 e. The van der Waals surface area contributed by atoms with E-state index in [2.05, 4.69) is 10.4 Å². The predicted molar refractivity (Wildman–Crippen MR) is 117 cm³/mol. The Labute approximate surface area is 177 Å². The van der Waals surface area contributed by atoms with Crippen LogP contribution in [0, 0.1) is 6.92 Å². The lowest BCUT2D eigenvalue weighted by atomic mass is 10.1. The van der Waals surface area contributed by atoms with Gasteiger partial charge in [-0.3, -0.25) is 9.48 Å². The van der Waals surface area contributed by atoms with Crippen molar-refractivity contribution in [3.05, 3.63) is 65.2 Å². The Balaban J connectivity index is 1.68. The van der Waals surface area contributed by atoms with Gasteiger partial charge in [0.05, 0.1) is 9.60 Å². The molecule has 0 aliphatic rings. The number of ether oxygens (including phenoxy) is 1. The van der Waals surface area contributed by atoms with Gasteiger partial charge in [-0.15, -0.1) is 11.3 Å². The SMILES string of the molecule is Cc1cc2cc(C(=O)Nc3ccn(C)n3)cc(Oc3ccc(S(C)(=O)=O)cc3)c2s1. The average Bonchev–Trinajstić information content (AvgIpc) is 3.25. The quantitative estimate of drug-likeness (QED) is 0.496. The number of aryl methyl sites for hydroxylation is 2. The maximum absolute atomic E-state index is 12.8. The molecule has 0 fully saturated rings. The van der Waals surface area contributed by atoms with E-state index in [4.69, 9.17) is 4.74 Å². The van der Waals surface area contributed by atoms with Crippen LogP contribution in [0.2, 0.25) is 0 Å². The van der Waals surface area contributed by atoms with Gasteiger partial charge in [-0.2, -0.15) is 5.10 Å². The Morgan fingerprint density at radius 2 is 1.87 bits per heavy atom. The molecule has 9 heteroatoms. The lowest BCUT2D eigenvalue weighted by molar-refractivity contribution is 0.102.